The Bertz CT molecular complexity index is 418. The Labute approximate surface area is 86.7 Å². The third-order valence-electron chi connectivity index (χ3n) is 1.83. The molecule has 70 valence electrons. The van der Waals surface area contributed by atoms with Crippen molar-refractivity contribution >= 4 is 22.9 Å². The van der Waals surface area contributed by atoms with Gasteiger partial charge in [-0.3, -0.25) is 0 Å². The molecule has 1 aromatic carbocycles. The average Bonchev–Trinajstić information content (AvgIpc) is 2.72. The van der Waals surface area contributed by atoms with Gasteiger partial charge in [-0.25, -0.2) is 4.99 Å². The molecule has 0 radical (unpaired) electrons. The minimum atomic E-state index is 0.559. The SMILES string of the molecule is NC(=Nc1ccsc1)c1ccccc1. The van der Waals surface area contributed by atoms with Gasteiger partial charge in [0.2, 0.25) is 0 Å². The molecule has 1 heterocycles. The van der Waals surface area contributed by atoms with Crippen molar-refractivity contribution in [1.29, 1.82) is 0 Å². The molecule has 0 amide bonds. The Kier molecular flexibility index (Phi) is 2.60. The van der Waals surface area contributed by atoms with Gasteiger partial charge in [0.25, 0.3) is 0 Å². The third kappa shape index (κ3) is 2.00. The van der Waals surface area contributed by atoms with Crippen LogP contribution < -0.4 is 5.73 Å². The average molecular weight is 202 g/mol. The van der Waals surface area contributed by atoms with Crippen molar-refractivity contribution in [3.8, 4) is 0 Å². The summed E-state index contributed by atoms with van der Waals surface area (Å²) >= 11 is 1.61. The molecular formula is C11H10N2S. The van der Waals surface area contributed by atoms with Gasteiger partial charge in [0.05, 0.1) is 5.69 Å². The second-order valence-corrected chi connectivity index (χ2v) is 3.62. The Hall–Kier alpha value is -1.61. The second-order valence-electron chi connectivity index (χ2n) is 2.84. The number of nitrogens with zero attached hydrogens (tertiary/aromatic N) is 1. The highest BCUT2D eigenvalue weighted by Gasteiger charge is 1.96. The predicted molar refractivity (Wildman–Crippen MR) is 61.1 cm³/mol. The predicted octanol–water partition coefficient (Wildman–Crippen LogP) is 2.79. The Balaban J connectivity index is 2.29. The molecule has 0 aliphatic carbocycles. The van der Waals surface area contributed by atoms with Gasteiger partial charge in [-0.15, -0.1) is 0 Å². The van der Waals surface area contributed by atoms with E-state index in [2.05, 4.69) is 4.99 Å². The van der Waals surface area contributed by atoms with E-state index in [1.807, 2.05) is 47.2 Å². The maximum atomic E-state index is 5.84. The van der Waals surface area contributed by atoms with Crippen LogP contribution in [0, 0.1) is 0 Å². The standard InChI is InChI=1S/C11H10N2S/c12-11(9-4-2-1-3-5-9)13-10-6-7-14-8-10/h1-8H,(H2,12,13). The zero-order chi connectivity index (χ0) is 9.80. The summed E-state index contributed by atoms with van der Waals surface area (Å²) in [5, 5.41) is 3.95. The van der Waals surface area contributed by atoms with Gasteiger partial charge in [-0.05, 0) is 11.4 Å². The van der Waals surface area contributed by atoms with E-state index in [0.29, 0.717) is 5.84 Å². The number of hydrogen-bond acceptors (Lipinski definition) is 2. The number of amidine groups is 1. The smallest absolute Gasteiger partial charge is 0.131 e. The highest BCUT2D eigenvalue weighted by atomic mass is 32.1. The molecule has 2 aromatic rings. The van der Waals surface area contributed by atoms with E-state index >= 15 is 0 Å². The van der Waals surface area contributed by atoms with Gasteiger partial charge >= 0.3 is 0 Å². The molecule has 14 heavy (non-hydrogen) atoms. The van der Waals surface area contributed by atoms with E-state index in [-0.39, 0.29) is 0 Å². The molecule has 2 N–H and O–H groups in total. The number of rotatable bonds is 2. The van der Waals surface area contributed by atoms with E-state index in [4.69, 9.17) is 5.73 Å². The van der Waals surface area contributed by atoms with Crippen molar-refractivity contribution in [3.63, 3.8) is 0 Å². The lowest BCUT2D eigenvalue weighted by Crippen LogP contribution is -2.12. The van der Waals surface area contributed by atoms with Crippen LogP contribution in [0.25, 0.3) is 0 Å². The molecule has 0 aliphatic rings. The van der Waals surface area contributed by atoms with Crippen molar-refractivity contribution in [3.05, 3.63) is 52.7 Å². The van der Waals surface area contributed by atoms with Crippen LogP contribution >= 0.6 is 11.3 Å². The molecule has 3 heteroatoms. The van der Waals surface area contributed by atoms with Gasteiger partial charge in [-0.1, -0.05) is 30.3 Å². The molecule has 1 aromatic heterocycles. The lowest BCUT2D eigenvalue weighted by Gasteiger charge is -1.98. The Morgan fingerprint density at radius 1 is 1.14 bits per heavy atom. The molecule has 0 bridgehead atoms. The van der Waals surface area contributed by atoms with Crippen LogP contribution in [0.4, 0.5) is 5.69 Å². The van der Waals surface area contributed by atoms with Crippen molar-refractivity contribution in [2.75, 3.05) is 0 Å². The summed E-state index contributed by atoms with van der Waals surface area (Å²) in [6, 6.07) is 11.7. The zero-order valence-electron chi connectivity index (χ0n) is 7.55. The Morgan fingerprint density at radius 3 is 2.57 bits per heavy atom. The zero-order valence-corrected chi connectivity index (χ0v) is 8.37. The molecule has 2 rings (SSSR count). The summed E-state index contributed by atoms with van der Waals surface area (Å²) in [5.74, 6) is 0.559. The highest BCUT2D eigenvalue weighted by Crippen LogP contribution is 2.16. The van der Waals surface area contributed by atoms with E-state index in [0.717, 1.165) is 11.3 Å². The van der Waals surface area contributed by atoms with Crippen LogP contribution in [0.15, 0.2) is 52.2 Å². The molecule has 2 nitrogen and oxygen atoms in total. The normalized spacial score (nSPS) is 11.6. The minimum Gasteiger partial charge on any atom is -0.383 e. The van der Waals surface area contributed by atoms with Gasteiger partial charge in [0.1, 0.15) is 5.84 Å². The quantitative estimate of drug-likeness (QED) is 0.590. The third-order valence-corrected chi connectivity index (χ3v) is 2.50. The van der Waals surface area contributed by atoms with Crippen LogP contribution in [-0.4, -0.2) is 5.84 Å². The molecule has 0 saturated heterocycles. The molecule has 0 spiro atoms. The summed E-state index contributed by atoms with van der Waals surface area (Å²) in [4.78, 5) is 4.29. The van der Waals surface area contributed by atoms with Crippen LogP contribution in [0.1, 0.15) is 5.56 Å². The Morgan fingerprint density at radius 2 is 1.93 bits per heavy atom. The van der Waals surface area contributed by atoms with Gasteiger partial charge < -0.3 is 5.73 Å². The molecule has 0 unspecified atom stereocenters. The summed E-state index contributed by atoms with van der Waals surface area (Å²) < 4.78 is 0. The summed E-state index contributed by atoms with van der Waals surface area (Å²) in [6.07, 6.45) is 0. The maximum absolute atomic E-state index is 5.84. The van der Waals surface area contributed by atoms with E-state index in [1.54, 1.807) is 11.3 Å². The summed E-state index contributed by atoms with van der Waals surface area (Å²) in [7, 11) is 0. The van der Waals surface area contributed by atoms with E-state index < -0.39 is 0 Å². The lowest BCUT2D eigenvalue weighted by atomic mass is 10.2. The molecule has 0 aliphatic heterocycles. The molecule has 0 saturated carbocycles. The number of aliphatic imine (C=N–C) groups is 1. The first-order valence-electron chi connectivity index (χ1n) is 4.28. The lowest BCUT2D eigenvalue weighted by molar-refractivity contribution is 1.48. The van der Waals surface area contributed by atoms with Crippen LogP contribution in [0.3, 0.4) is 0 Å². The van der Waals surface area contributed by atoms with Crippen molar-refractivity contribution in [1.82, 2.24) is 0 Å². The van der Waals surface area contributed by atoms with Crippen molar-refractivity contribution in [2.45, 2.75) is 0 Å². The minimum absolute atomic E-state index is 0.559. The van der Waals surface area contributed by atoms with Crippen LogP contribution in [0.2, 0.25) is 0 Å². The van der Waals surface area contributed by atoms with E-state index in [9.17, 15) is 0 Å². The van der Waals surface area contributed by atoms with Crippen LogP contribution in [0.5, 0.6) is 0 Å². The largest absolute Gasteiger partial charge is 0.383 e. The first kappa shape index (κ1) is 8.97. The van der Waals surface area contributed by atoms with Gasteiger partial charge in [-0.2, -0.15) is 11.3 Å². The van der Waals surface area contributed by atoms with Crippen molar-refractivity contribution in [2.24, 2.45) is 10.7 Å². The first-order chi connectivity index (χ1) is 6.86. The monoisotopic (exact) mass is 202 g/mol. The van der Waals surface area contributed by atoms with E-state index in [1.165, 1.54) is 0 Å². The molecular weight excluding hydrogens is 192 g/mol. The molecule has 0 fully saturated rings. The second kappa shape index (κ2) is 4.07. The topological polar surface area (TPSA) is 38.4 Å². The van der Waals surface area contributed by atoms with Gasteiger partial charge in [0.15, 0.2) is 0 Å². The highest BCUT2D eigenvalue weighted by molar-refractivity contribution is 7.08. The first-order valence-corrected chi connectivity index (χ1v) is 5.22. The number of nitrogens with two attached hydrogens (primary N) is 1. The maximum Gasteiger partial charge on any atom is 0.131 e. The molecule has 0 atom stereocenters. The van der Waals surface area contributed by atoms with Crippen LogP contribution in [-0.2, 0) is 0 Å². The summed E-state index contributed by atoms with van der Waals surface area (Å²) in [5.41, 5.74) is 7.71. The number of benzene rings is 1. The summed E-state index contributed by atoms with van der Waals surface area (Å²) in [6.45, 7) is 0. The fourth-order valence-corrected chi connectivity index (χ4v) is 1.70. The fraction of sp³-hybridized carbons (Fsp3) is 0. The van der Waals surface area contributed by atoms with Gasteiger partial charge in [0, 0.05) is 10.9 Å². The number of thiophene rings is 1. The number of hydrogen-bond donors (Lipinski definition) is 1. The fourth-order valence-electron chi connectivity index (χ4n) is 1.13. The van der Waals surface area contributed by atoms with Crippen molar-refractivity contribution < 1.29 is 0 Å².